The molecule has 16 heavy (non-hydrogen) atoms. The van der Waals surface area contributed by atoms with Crippen LogP contribution in [0.5, 0.6) is 0 Å². The summed E-state index contributed by atoms with van der Waals surface area (Å²) in [6, 6.07) is 1.19. The molecule has 0 amide bonds. The quantitative estimate of drug-likeness (QED) is 0.734. The van der Waals surface area contributed by atoms with Gasteiger partial charge in [0.1, 0.15) is 0 Å². The van der Waals surface area contributed by atoms with Crippen molar-refractivity contribution in [3.8, 4) is 0 Å². The van der Waals surface area contributed by atoms with E-state index in [0.717, 1.165) is 19.6 Å². The molecule has 2 rings (SSSR count). The first kappa shape index (κ1) is 12.3. The lowest BCUT2D eigenvalue weighted by molar-refractivity contribution is -0.0179. The molecule has 2 aliphatic heterocycles. The molecule has 2 heterocycles. The van der Waals surface area contributed by atoms with E-state index in [1.54, 1.807) is 0 Å². The van der Waals surface area contributed by atoms with E-state index in [2.05, 4.69) is 29.1 Å². The fourth-order valence-corrected chi connectivity index (χ4v) is 2.83. The highest BCUT2D eigenvalue weighted by molar-refractivity contribution is 4.88. The summed E-state index contributed by atoms with van der Waals surface area (Å²) in [5, 5.41) is 3.44. The minimum atomic E-state index is 0.581. The van der Waals surface area contributed by atoms with E-state index in [-0.39, 0.29) is 0 Å². The smallest absolute Gasteiger partial charge is 0.0637 e. The Morgan fingerprint density at radius 2 is 2.00 bits per heavy atom. The Kier molecular flexibility index (Phi) is 4.58. The molecular formula is C12H25N3O. The second-order valence-corrected chi connectivity index (χ2v) is 4.80. The van der Waals surface area contributed by atoms with Crippen LogP contribution < -0.4 is 5.32 Å². The molecule has 2 unspecified atom stereocenters. The fourth-order valence-electron chi connectivity index (χ4n) is 2.83. The zero-order valence-corrected chi connectivity index (χ0v) is 10.6. The second kappa shape index (κ2) is 5.96. The number of hydrogen-bond acceptors (Lipinski definition) is 4. The SMILES string of the molecule is CCN1CCN(C2COCCC2NC)CC1. The Morgan fingerprint density at radius 1 is 1.25 bits per heavy atom. The molecular weight excluding hydrogens is 202 g/mol. The number of nitrogens with one attached hydrogen (secondary N) is 1. The first-order valence-corrected chi connectivity index (χ1v) is 6.56. The molecule has 2 saturated heterocycles. The highest BCUT2D eigenvalue weighted by Gasteiger charge is 2.31. The van der Waals surface area contributed by atoms with E-state index in [1.807, 2.05) is 0 Å². The van der Waals surface area contributed by atoms with Crippen LogP contribution in [0.1, 0.15) is 13.3 Å². The number of piperazine rings is 1. The minimum absolute atomic E-state index is 0.581. The van der Waals surface area contributed by atoms with Crippen LogP contribution in [-0.2, 0) is 4.74 Å². The zero-order chi connectivity index (χ0) is 11.4. The van der Waals surface area contributed by atoms with Crippen molar-refractivity contribution in [2.75, 3.05) is 53.0 Å². The van der Waals surface area contributed by atoms with E-state index in [0.29, 0.717) is 12.1 Å². The molecule has 0 aromatic carbocycles. The standard InChI is InChI=1S/C12H25N3O/c1-3-14-5-7-15(8-6-14)12-10-16-9-4-11(12)13-2/h11-13H,3-10H2,1-2H3. The van der Waals surface area contributed by atoms with Gasteiger partial charge in [0.05, 0.1) is 6.61 Å². The van der Waals surface area contributed by atoms with Crippen LogP contribution in [-0.4, -0.2) is 74.9 Å². The monoisotopic (exact) mass is 227 g/mol. The van der Waals surface area contributed by atoms with Crippen LogP contribution in [0.25, 0.3) is 0 Å². The molecule has 4 heteroatoms. The fraction of sp³-hybridized carbons (Fsp3) is 1.00. The number of nitrogens with zero attached hydrogens (tertiary/aromatic N) is 2. The Labute approximate surface area is 98.9 Å². The third-order valence-electron chi connectivity index (χ3n) is 4.02. The molecule has 2 aliphatic rings. The van der Waals surface area contributed by atoms with Crippen LogP contribution in [0.15, 0.2) is 0 Å². The lowest BCUT2D eigenvalue weighted by Gasteiger charge is -2.43. The largest absolute Gasteiger partial charge is 0.380 e. The Morgan fingerprint density at radius 3 is 2.62 bits per heavy atom. The van der Waals surface area contributed by atoms with Crippen LogP contribution >= 0.6 is 0 Å². The normalized spacial score (nSPS) is 34.1. The van der Waals surface area contributed by atoms with Gasteiger partial charge in [0.25, 0.3) is 0 Å². The number of likely N-dealkylation sites (N-methyl/N-ethyl adjacent to an activating group) is 2. The van der Waals surface area contributed by atoms with Gasteiger partial charge in [-0.3, -0.25) is 4.90 Å². The third-order valence-corrected chi connectivity index (χ3v) is 4.02. The molecule has 2 atom stereocenters. The summed E-state index contributed by atoms with van der Waals surface area (Å²) in [6.45, 7) is 10.1. The lowest BCUT2D eigenvalue weighted by atomic mass is 10.0. The van der Waals surface area contributed by atoms with Gasteiger partial charge in [-0.15, -0.1) is 0 Å². The molecule has 4 nitrogen and oxygen atoms in total. The van der Waals surface area contributed by atoms with Crippen LogP contribution in [0.2, 0.25) is 0 Å². The molecule has 0 aromatic heterocycles. The number of rotatable bonds is 3. The average Bonchev–Trinajstić information content (AvgIpc) is 2.39. The van der Waals surface area contributed by atoms with E-state index in [4.69, 9.17) is 4.74 Å². The maximum atomic E-state index is 5.63. The van der Waals surface area contributed by atoms with E-state index >= 15 is 0 Å². The average molecular weight is 227 g/mol. The van der Waals surface area contributed by atoms with Crippen molar-refractivity contribution in [3.05, 3.63) is 0 Å². The summed E-state index contributed by atoms with van der Waals surface area (Å²) in [4.78, 5) is 5.13. The Balaban J connectivity index is 1.86. The summed E-state index contributed by atoms with van der Waals surface area (Å²) >= 11 is 0. The van der Waals surface area contributed by atoms with Crippen molar-refractivity contribution in [2.24, 2.45) is 0 Å². The topological polar surface area (TPSA) is 27.7 Å². The van der Waals surface area contributed by atoms with Gasteiger partial charge in [-0.2, -0.15) is 0 Å². The molecule has 0 aromatic rings. The summed E-state index contributed by atoms with van der Waals surface area (Å²) < 4.78 is 5.63. The highest BCUT2D eigenvalue weighted by atomic mass is 16.5. The highest BCUT2D eigenvalue weighted by Crippen LogP contribution is 2.16. The third kappa shape index (κ3) is 2.74. The van der Waals surface area contributed by atoms with E-state index in [1.165, 1.54) is 32.7 Å². The van der Waals surface area contributed by atoms with Gasteiger partial charge in [-0.05, 0) is 20.0 Å². The van der Waals surface area contributed by atoms with Gasteiger partial charge in [0.15, 0.2) is 0 Å². The second-order valence-electron chi connectivity index (χ2n) is 4.80. The minimum Gasteiger partial charge on any atom is -0.380 e. The van der Waals surface area contributed by atoms with E-state index in [9.17, 15) is 0 Å². The van der Waals surface area contributed by atoms with Gasteiger partial charge >= 0.3 is 0 Å². The molecule has 0 aliphatic carbocycles. The number of hydrogen-bond donors (Lipinski definition) is 1. The predicted octanol–water partition coefficient (Wildman–Crippen LogP) is 0.000800. The van der Waals surface area contributed by atoms with E-state index < -0.39 is 0 Å². The summed E-state index contributed by atoms with van der Waals surface area (Å²) in [6.07, 6.45) is 1.15. The predicted molar refractivity (Wildman–Crippen MR) is 65.8 cm³/mol. The molecule has 0 bridgehead atoms. The maximum Gasteiger partial charge on any atom is 0.0637 e. The van der Waals surface area contributed by atoms with Crippen LogP contribution in [0.3, 0.4) is 0 Å². The first-order chi connectivity index (χ1) is 7.85. The Bertz CT molecular complexity index is 204. The summed E-state index contributed by atoms with van der Waals surface area (Å²) in [5.41, 5.74) is 0. The Hall–Kier alpha value is -0.160. The van der Waals surface area contributed by atoms with Gasteiger partial charge in [-0.25, -0.2) is 0 Å². The van der Waals surface area contributed by atoms with Gasteiger partial charge in [-0.1, -0.05) is 6.92 Å². The lowest BCUT2D eigenvalue weighted by Crippen LogP contribution is -2.59. The van der Waals surface area contributed by atoms with Crippen molar-refractivity contribution in [3.63, 3.8) is 0 Å². The summed E-state index contributed by atoms with van der Waals surface area (Å²) in [7, 11) is 2.07. The van der Waals surface area contributed by atoms with Crippen molar-refractivity contribution < 1.29 is 4.74 Å². The van der Waals surface area contributed by atoms with Gasteiger partial charge < -0.3 is 15.0 Å². The first-order valence-electron chi connectivity index (χ1n) is 6.56. The zero-order valence-electron chi connectivity index (χ0n) is 10.6. The molecule has 0 radical (unpaired) electrons. The van der Waals surface area contributed by atoms with Crippen LogP contribution in [0.4, 0.5) is 0 Å². The van der Waals surface area contributed by atoms with Crippen LogP contribution in [0, 0.1) is 0 Å². The van der Waals surface area contributed by atoms with Crippen molar-refractivity contribution in [2.45, 2.75) is 25.4 Å². The molecule has 1 N–H and O–H groups in total. The molecule has 94 valence electrons. The van der Waals surface area contributed by atoms with Crippen molar-refractivity contribution >= 4 is 0 Å². The van der Waals surface area contributed by atoms with Crippen molar-refractivity contribution in [1.82, 2.24) is 15.1 Å². The number of ether oxygens (including phenoxy) is 1. The van der Waals surface area contributed by atoms with Gasteiger partial charge in [0, 0.05) is 44.9 Å². The van der Waals surface area contributed by atoms with Crippen molar-refractivity contribution in [1.29, 1.82) is 0 Å². The van der Waals surface area contributed by atoms with Gasteiger partial charge in [0.2, 0.25) is 0 Å². The molecule has 0 spiro atoms. The molecule has 0 saturated carbocycles. The maximum absolute atomic E-state index is 5.63. The molecule has 2 fully saturated rings. The summed E-state index contributed by atoms with van der Waals surface area (Å²) in [5.74, 6) is 0.